The largest absolute Gasteiger partial charge is 0.497 e. The highest BCUT2D eigenvalue weighted by Crippen LogP contribution is 2.23. The molecule has 2 amide bonds. The molecule has 0 radical (unpaired) electrons. The minimum Gasteiger partial charge on any atom is -0.497 e. The van der Waals surface area contributed by atoms with E-state index in [1.165, 1.54) is 36.3 Å². The van der Waals surface area contributed by atoms with E-state index in [2.05, 4.69) is 20.5 Å². The van der Waals surface area contributed by atoms with Crippen molar-refractivity contribution in [2.75, 3.05) is 35.7 Å². The average Bonchev–Trinajstić information content (AvgIpc) is 3.29. The van der Waals surface area contributed by atoms with E-state index in [9.17, 15) is 9.59 Å². The van der Waals surface area contributed by atoms with Gasteiger partial charge in [-0.3, -0.25) is 14.9 Å². The maximum Gasteiger partial charge on any atom is 0.275 e. The lowest BCUT2D eigenvalue weighted by atomic mass is 10.1. The summed E-state index contributed by atoms with van der Waals surface area (Å²) in [6.07, 6.45) is 3.74. The van der Waals surface area contributed by atoms with Gasteiger partial charge in [-0.25, -0.2) is 4.98 Å². The Morgan fingerprint density at radius 1 is 0.935 bits per heavy atom. The van der Waals surface area contributed by atoms with Crippen LogP contribution in [0.4, 0.5) is 16.5 Å². The predicted octanol–water partition coefficient (Wildman–Crippen LogP) is 4.65. The molecule has 0 aliphatic carbocycles. The molecule has 1 fully saturated rings. The minimum absolute atomic E-state index is 0.259. The molecule has 0 spiro atoms. The van der Waals surface area contributed by atoms with Crippen molar-refractivity contribution in [2.24, 2.45) is 0 Å². The molecule has 1 aliphatic rings. The molecule has 0 bridgehead atoms. The van der Waals surface area contributed by atoms with Crippen LogP contribution in [-0.4, -0.2) is 37.0 Å². The molecule has 7 nitrogen and oxygen atoms in total. The lowest BCUT2D eigenvalue weighted by Gasteiger charge is -2.28. The number of thiazole rings is 1. The van der Waals surface area contributed by atoms with E-state index in [0.717, 1.165) is 13.1 Å². The summed E-state index contributed by atoms with van der Waals surface area (Å²) in [6, 6.07) is 14.6. The highest BCUT2D eigenvalue weighted by Gasteiger charge is 2.15. The van der Waals surface area contributed by atoms with Crippen molar-refractivity contribution in [1.82, 2.24) is 4.98 Å². The van der Waals surface area contributed by atoms with E-state index >= 15 is 0 Å². The molecule has 3 aromatic rings. The normalized spacial score (nSPS) is 13.5. The molecule has 31 heavy (non-hydrogen) atoms. The summed E-state index contributed by atoms with van der Waals surface area (Å²) in [5.41, 5.74) is 2.63. The standard InChI is InChI=1S/C23H24N4O3S/c1-30-19-11-5-16(6-12-19)21(28)26-23-25-20(15-31-23)22(29)24-17-7-9-18(10-8-17)27-13-3-2-4-14-27/h5-12,15H,2-4,13-14H2,1H3,(H,24,29)(H,25,26,28). The van der Waals surface area contributed by atoms with E-state index in [1.54, 1.807) is 36.8 Å². The Labute approximate surface area is 185 Å². The number of hydrogen-bond donors (Lipinski definition) is 2. The maximum atomic E-state index is 12.5. The number of carbonyl (C=O) groups is 2. The van der Waals surface area contributed by atoms with Gasteiger partial charge in [-0.1, -0.05) is 0 Å². The second-order valence-electron chi connectivity index (χ2n) is 7.27. The Morgan fingerprint density at radius 2 is 1.65 bits per heavy atom. The Morgan fingerprint density at radius 3 is 2.32 bits per heavy atom. The molecule has 2 heterocycles. The van der Waals surface area contributed by atoms with Crippen LogP contribution < -0.4 is 20.3 Å². The number of ether oxygens (including phenoxy) is 1. The number of hydrogen-bond acceptors (Lipinski definition) is 6. The van der Waals surface area contributed by atoms with Crippen molar-refractivity contribution >= 4 is 39.7 Å². The van der Waals surface area contributed by atoms with Gasteiger partial charge in [0, 0.05) is 35.4 Å². The van der Waals surface area contributed by atoms with Gasteiger partial charge in [-0.2, -0.15) is 0 Å². The van der Waals surface area contributed by atoms with Gasteiger partial charge in [-0.15, -0.1) is 11.3 Å². The first-order valence-corrected chi connectivity index (χ1v) is 11.1. The molecule has 1 aliphatic heterocycles. The fraction of sp³-hybridized carbons (Fsp3) is 0.261. The van der Waals surface area contributed by atoms with Crippen molar-refractivity contribution in [3.05, 3.63) is 65.2 Å². The maximum absolute atomic E-state index is 12.5. The van der Waals surface area contributed by atoms with E-state index in [0.29, 0.717) is 22.1 Å². The van der Waals surface area contributed by atoms with Crippen molar-refractivity contribution in [2.45, 2.75) is 19.3 Å². The molecule has 4 rings (SSSR count). The molecule has 0 saturated carbocycles. The Bertz CT molecular complexity index is 1040. The minimum atomic E-state index is -0.313. The van der Waals surface area contributed by atoms with Gasteiger partial charge in [0.05, 0.1) is 7.11 Å². The molecule has 0 unspecified atom stereocenters. The second kappa shape index (κ2) is 9.61. The number of piperidine rings is 1. The van der Waals surface area contributed by atoms with Crippen LogP contribution in [0.15, 0.2) is 53.9 Å². The number of methoxy groups -OCH3 is 1. The third-order valence-electron chi connectivity index (χ3n) is 5.16. The van der Waals surface area contributed by atoms with Gasteiger partial charge in [0.2, 0.25) is 0 Å². The van der Waals surface area contributed by atoms with E-state index < -0.39 is 0 Å². The number of rotatable bonds is 6. The third kappa shape index (κ3) is 5.21. The fourth-order valence-corrected chi connectivity index (χ4v) is 4.14. The summed E-state index contributed by atoms with van der Waals surface area (Å²) < 4.78 is 5.09. The third-order valence-corrected chi connectivity index (χ3v) is 5.91. The Kier molecular flexibility index (Phi) is 6.47. The summed E-state index contributed by atoms with van der Waals surface area (Å²) in [7, 11) is 1.57. The monoisotopic (exact) mass is 436 g/mol. The van der Waals surface area contributed by atoms with Crippen molar-refractivity contribution < 1.29 is 14.3 Å². The number of nitrogens with one attached hydrogen (secondary N) is 2. The number of nitrogens with zero attached hydrogens (tertiary/aromatic N) is 2. The van der Waals surface area contributed by atoms with Gasteiger partial charge in [0.25, 0.3) is 11.8 Å². The Balaban J connectivity index is 1.34. The number of anilines is 3. The van der Waals surface area contributed by atoms with Crippen molar-refractivity contribution in [1.29, 1.82) is 0 Å². The number of amides is 2. The topological polar surface area (TPSA) is 83.6 Å². The number of benzene rings is 2. The fourth-order valence-electron chi connectivity index (χ4n) is 3.45. The predicted molar refractivity (Wildman–Crippen MR) is 124 cm³/mol. The van der Waals surface area contributed by atoms with Gasteiger partial charge in [-0.05, 0) is 67.8 Å². The molecular weight excluding hydrogens is 412 g/mol. The first-order valence-electron chi connectivity index (χ1n) is 10.2. The average molecular weight is 437 g/mol. The first-order chi connectivity index (χ1) is 15.1. The van der Waals surface area contributed by atoms with Crippen molar-refractivity contribution in [3.63, 3.8) is 0 Å². The van der Waals surface area contributed by atoms with Crippen LogP contribution in [-0.2, 0) is 0 Å². The summed E-state index contributed by atoms with van der Waals surface area (Å²) in [4.78, 5) is 31.5. The van der Waals surface area contributed by atoms with Crippen LogP contribution in [0.25, 0.3) is 0 Å². The second-order valence-corrected chi connectivity index (χ2v) is 8.13. The van der Waals surface area contributed by atoms with Crippen molar-refractivity contribution in [3.8, 4) is 5.75 Å². The number of aromatic nitrogens is 1. The van der Waals surface area contributed by atoms with E-state index in [4.69, 9.17) is 4.74 Å². The SMILES string of the molecule is COc1ccc(C(=O)Nc2nc(C(=O)Nc3ccc(N4CCCCC4)cc3)cs2)cc1. The van der Waals surface area contributed by atoms with Gasteiger partial charge >= 0.3 is 0 Å². The zero-order valence-electron chi connectivity index (χ0n) is 17.3. The highest BCUT2D eigenvalue weighted by molar-refractivity contribution is 7.14. The van der Waals surface area contributed by atoms with Gasteiger partial charge in [0.15, 0.2) is 5.13 Å². The van der Waals surface area contributed by atoms with Gasteiger partial charge < -0.3 is 15.0 Å². The van der Waals surface area contributed by atoms with E-state index in [-0.39, 0.29) is 17.5 Å². The zero-order chi connectivity index (χ0) is 21.6. The van der Waals surface area contributed by atoms with E-state index in [1.807, 2.05) is 24.3 Å². The molecule has 0 atom stereocenters. The molecule has 1 aromatic heterocycles. The Hall–Kier alpha value is -3.39. The molecule has 1 saturated heterocycles. The lowest BCUT2D eigenvalue weighted by Crippen LogP contribution is -2.29. The van der Waals surface area contributed by atoms with Crippen LogP contribution in [0.5, 0.6) is 5.75 Å². The summed E-state index contributed by atoms with van der Waals surface area (Å²) in [6.45, 7) is 2.16. The molecule has 8 heteroatoms. The van der Waals surface area contributed by atoms with Gasteiger partial charge in [0.1, 0.15) is 11.4 Å². The van der Waals surface area contributed by atoms with Crippen LogP contribution in [0.1, 0.15) is 40.1 Å². The molecular formula is C23H24N4O3S. The lowest BCUT2D eigenvalue weighted by molar-refractivity contribution is 0.101. The highest BCUT2D eigenvalue weighted by atomic mass is 32.1. The van der Waals surface area contributed by atoms with Crippen LogP contribution in [0, 0.1) is 0 Å². The van der Waals surface area contributed by atoms with Crippen LogP contribution >= 0.6 is 11.3 Å². The molecule has 160 valence electrons. The first kappa shape index (κ1) is 20.9. The molecule has 2 N–H and O–H groups in total. The smallest absolute Gasteiger partial charge is 0.275 e. The summed E-state index contributed by atoms with van der Waals surface area (Å²) >= 11 is 1.21. The summed E-state index contributed by atoms with van der Waals surface area (Å²) in [5.74, 6) is 0.0675. The van der Waals surface area contributed by atoms with Crippen LogP contribution in [0.2, 0.25) is 0 Å². The summed E-state index contributed by atoms with van der Waals surface area (Å²) in [5, 5.41) is 7.57. The quantitative estimate of drug-likeness (QED) is 0.588. The van der Waals surface area contributed by atoms with Crippen LogP contribution in [0.3, 0.4) is 0 Å². The number of carbonyl (C=O) groups excluding carboxylic acids is 2. The zero-order valence-corrected chi connectivity index (χ0v) is 18.1. The molecule has 2 aromatic carbocycles.